The molecule has 0 unspecified atom stereocenters. The van der Waals surface area contributed by atoms with Crippen LogP contribution in [0.5, 0.6) is 5.75 Å². The highest BCUT2D eigenvalue weighted by Gasteiger charge is 2.11. The first kappa shape index (κ1) is 16.5. The average molecular weight is 313 g/mol. The third kappa shape index (κ3) is 5.47. The zero-order chi connectivity index (χ0) is 16.5. The molecule has 0 aliphatic carbocycles. The van der Waals surface area contributed by atoms with Crippen LogP contribution in [-0.2, 0) is 9.53 Å². The maximum atomic E-state index is 11.9. The maximum Gasteiger partial charge on any atom is 0.338 e. The number of esters is 1. The van der Waals surface area contributed by atoms with Crippen LogP contribution in [0.15, 0.2) is 54.6 Å². The van der Waals surface area contributed by atoms with Crippen LogP contribution >= 0.6 is 0 Å². The highest BCUT2D eigenvalue weighted by molar-refractivity contribution is 5.92. The van der Waals surface area contributed by atoms with Gasteiger partial charge in [-0.15, -0.1) is 0 Å². The molecule has 0 aromatic heterocycles. The number of rotatable bonds is 7. The van der Waals surface area contributed by atoms with Crippen molar-refractivity contribution in [3.8, 4) is 5.75 Å². The van der Waals surface area contributed by atoms with Crippen LogP contribution in [0.3, 0.4) is 0 Å². The lowest BCUT2D eigenvalue weighted by Gasteiger charge is -2.09. The van der Waals surface area contributed by atoms with Crippen molar-refractivity contribution in [3.63, 3.8) is 0 Å². The highest BCUT2D eigenvalue weighted by atomic mass is 16.5. The van der Waals surface area contributed by atoms with Crippen molar-refractivity contribution in [2.75, 3.05) is 19.8 Å². The predicted octanol–water partition coefficient (Wildman–Crippen LogP) is 2.35. The van der Waals surface area contributed by atoms with Crippen LogP contribution < -0.4 is 10.1 Å². The minimum Gasteiger partial charge on any atom is -0.492 e. The van der Waals surface area contributed by atoms with E-state index in [1.165, 1.54) is 0 Å². The number of carbonyl (C=O) groups excluding carboxylic acids is 2. The molecule has 0 bridgehead atoms. The van der Waals surface area contributed by atoms with Crippen molar-refractivity contribution >= 4 is 11.9 Å². The fourth-order valence-corrected chi connectivity index (χ4v) is 1.94. The second-order valence-corrected chi connectivity index (χ2v) is 4.90. The lowest BCUT2D eigenvalue weighted by atomic mass is 10.1. The number of benzene rings is 2. The van der Waals surface area contributed by atoms with E-state index < -0.39 is 5.97 Å². The van der Waals surface area contributed by atoms with Crippen LogP contribution in [0.2, 0.25) is 0 Å². The zero-order valence-corrected chi connectivity index (χ0v) is 13.0. The Hall–Kier alpha value is -2.82. The summed E-state index contributed by atoms with van der Waals surface area (Å²) in [6, 6.07) is 16.4. The summed E-state index contributed by atoms with van der Waals surface area (Å²) < 4.78 is 10.4. The first-order valence-electron chi connectivity index (χ1n) is 7.34. The molecule has 0 aliphatic heterocycles. The Balaban J connectivity index is 1.65. The number of ether oxygens (including phenoxy) is 2. The van der Waals surface area contributed by atoms with Gasteiger partial charge in [-0.1, -0.05) is 36.4 Å². The quantitative estimate of drug-likeness (QED) is 0.629. The molecule has 1 amide bonds. The molecule has 2 aromatic rings. The van der Waals surface area contributed by atoms with Gasteiger partial charge in [-0.3, -0.25) is 4.79 Å². The SMILES string of the molecule is Cc1ccccc1C(=O)OCC(=O)NCCOc1ccccc1. The molecule has 0 heterocycles. The lowest BCUT2D eigenvalue weighted by molar-refractivity contribution is -0.124. The first-order chi connectivity index (χ1) is 11.2. The predicted molar refractivity (Wildman–Crippen MR) is 86.4 cm³/mol. The van der Waals surface area contributed by atoms with E-state index in [0.29, 0.717) is 18.7 Å². The van der Waals surface area contributed by atoms with Gasteiger partial charge in [-0.2, -0.15) is 0 Å². The van der Waals surface area contributed by atoms with Gasteiger partial charge in [0.25, 0.3) is 5.91 Å². The average Bonchev–Trinajstić information content (AvgIpc) is 2.58. The Morgan fingerprint density at radius 2 is 1.70 bits per heavy atom. The Kier molecular flexibility index (Phi) is 6.17. The monoisotopic (exact) mass is 313 g/mol. The van der Waals surface area contributed by atoms with Gasteiger partial charge in [-0.05, 0) is 30.7 Å². The molecule has 0 saturated heterocycles. The summed E-state index contributed by atoms with van der Waals surface area (Å²) in [5, 5.41) is 2.63. The number of carbonyl (C=O) groups is 2. The van der Waals surface area contributed by atoms with E-state index in [9.17, 15) is 9.59 Å². The van der Waals surface area contributed by atoms with Gasteiger partial charge in [0.2, 0.25) is 0 Å². The number of aryl methyl sites for hydroxylation is 1. The molecule has 0 saturated carbocycles. The number of hydrogen-bond donors (Lipinski definition) is 1. The Labute approximate surface area is 135 Å². The second-order valence-electron chi connectivity index (χ2n) is 4.90. The Morgan fingerprint density at radius 3 is 2.43 bits per heavy atom. The molecule has 5 heteroatoms. The molecule has 23 heavy (non-hydrogen) atoms. The molecule has 0 aliphatic rings. The van der Waals surface area contributed by atoms with Crippen LogP contribution in [0.1, 0.15) is 15.9 Å². The molecule has 0 spiro atoms. The largest absolute Gasteiger partial charge is 0.492 e. The summed E-state index contributed by atoms with van der Waals surface area (Å²) in [6.07, 6.45) is 0. The molecule has 5 nitrogen and oxygen atoms in total. The first-order valence-corrected chi connectivity index (χ1v) is 7.34. The molecule has 0 fully saturated rings. The number of amides is 1. The third-order valence-electron chi connectivity index (χ3n) is 3.14. The van der Waals surface area contributed by atoms with Crippen molar-refractivity contribution in [2.24, 2.45) is 0 Å². The van der Waals surface area contributed by atoms with E-state index in [1.54, 1.807) is 12.1 Å². The van der Waals surface area contributed by atoms with Gasteiger partial charge in [0.1, 0.15) is 12.4 Å². The van der Waals surface area contributed by atoms with Crippen molar-refractivity contribution in [1.29, 1.82) is 0 Å². The molecule has 2 aromatic carbocycles. The zero-order valence-electron chi connectivity index (χ0n) is 13.0. The lowest BCUT2D eigenvalue weighted by Crippen LogP contribution is -2.32. The van der Waals surface area contributed by atoms with Gasteiger partial charge in [0, 0.05) is 0 Å². The van der Waals surface area contributed by atoms with Gasteiger partial charge < -0.3 is 14.8 Å². The van der Waals surface area contributed by atoms with Crippen LogP contribution in [0, 0.1) is 6.92 Å². The van der Waals surface area contributed by atoms with Gasteiger partial charge >= 0.3 is 5.97 Å². The van der Waals surface area contributed by atoms with E-state index in [1.807, 2.05) is 49.4 Å². The number of para-hydroxylation sites is 1. The van der Waals surface area contributed by atoms with Crippen molar-refractivity contribution in [2.45, 2.75) is 6.92 Å². The molecule has 2 rings (SSSR count). The van der Waals surface area contributed by atoms with E-state index in [0.717, 1.165) is 11.3 Å². The standard InChI is InChI=1S/C18H19NO4/c1-14-7-5-6-10-16(14)18(21)23-13-17(20)19-11-12-22-15-8-3-2-4-9-15/h2-10H,11-13H2,1H3,(H,19,20). The van der Waals surface area contributed by atoms with Crippen LogP contribution in [0.4, 0.5) is 0 Å². The second kappa shape index (κ2) is 8.58. The molecule has 0 radical (unpaired) electrons. The number of nitrogens with one attached hydrogen (secondary N) is 1. The minimum atomic E-state index is -0.501. The summed E-state index contributed by atoms with van der Waals surface area (Å²) in [5.41, 5.74) is 1.28. The summed E-state index contributed by atoms with van der Waals surface area (Å²) >= 11 is 0. The summed E-state index contributed by atoms with van der Waals surface area (Å²) in [7, 11) is 0. The van der Waals surface area contributed by atoms with E-state index >= 15 is 0 Å². The van der Waals surface area contributed by atoms with Crippen molar-refractivity contribution in [1.82, 2.24) is 5.32 Å². The van der Waals surface area contributed by atoms with Crippen molar-refractivity contribution in [3.05, 3.63) is 65.7 Å². The molecule has 120 valence electrons. The highest BCUT2D eigenvalue weighted by Crippen LogP contribution is 2.08. The smallest absolute Gasteiger partial charge is 0.338 e. The van der Waals surface area contributed by atoms with Crippen LogP contribution in [0.25, 0.3) is 0 Å². The van der Waals surface area contributed by atoms with Gasteiger partial charge in [-0.25, -0.2) is 4.79 Å². The van der Waals surface area contributed by atoms with Gasteiger partial charge in [0.15, 0.2) is 6.61 Å². The van der Waals surface area contributed by atoms with Crippen LogP contribution in [-0.4, -0.2) is 31.6 Å². The topological polar surface area (TPSA) is 64.6 Å². The molecule has 1 N–H and O–H groups in total. The molecule has 0 atom stereocenters. The van der Waals surface area contributed by atoms with E-state index in [-0.39, 0.29) is 12.5 Å². The van der Waals surface area contributed by atoms with Gasteiger partial charge in [0.05, 0.1) is 12.1 Å². The van der Waals surface area contributed by atoms with E-state index in [2.05, 4.69) is 5.32 Å². The number of hydrogen-bond acceptors (Lipinski definition) is 4. The Morgan fingerprint density at radius 1 is 1.00 bits per heavy atom. The van der Waals surface area contributed by atoms with Crippen molar-refractivity contribution < 1.29 is 19.1 Å². The summed E-state index contributed by atoms with van der Waals surface area (Å²) in [5.74, 6) is -0.116. The Bertz CT molecular complexity index is 655. The molecular formula is C18H19NO4. The summed E-state index contributed by atoms with van der Waals surface area (Å²) in [4.78, 5) is 23.5. The fourth-order valence-electron chi connectivity index (χ4n) is 1.94. The maximum absolute atomic E-state index is 11.9. The summed E-state index contributed by atoms with van der Waals surface area (Å²) in [6.45, 7) is 2.20. The molecular weight excluding hydrogens is 294 g/mol. The third-order valence-corrected chi connectivity index (χ3v) is 3.14. The fraction of sp³-hybridized carbons (Fsp3) is 0.222. The van der Waals surface area contributed by atoms with E-state index in [4.69, 9.17) is 9.47 Å². The minimum absolute atomic E-state index is 0.307. The normalized spacial score (nSPS) is 9.96.